The van der Waals surface area contributed by atoms with Gasteiger partial charge in [-0.15, -0.1) is 16.4 Å². The average Bonchev–Trinajstić information content (AvgIpc) is 3.01. The molecule has 0 saturated carbocycles. The van der Waals surface area contributed by atoms with Crippen molar-refractivity contribution in [3.05, 3.63) is 40.9 Å². The molecule has 19 heavy (non-hydrogen) atoms. The number of aryl methyl sites for hydroxylation is 1. The van der Waals surface area contributed by atoms with E-state index in [4.69, 9.17) is 5.73 Å². The number of nitrogens with zero attached hydrogens (tertiary/aromatic N) is 3. The summed E-state index contributed by atoms with van der Waals surface area (Å²) >= 11 is 1.61. The molecule has 2 N–H and O–H groups in total. The van der Waals surface area contributed by atoms with E-state index in [2.05, 4.69) is 46.7 Å². The van der Waals surface area contributed by atoms with E-state index in [1.807, 2.05) is 4.52 Å². The molecule has 3 rings (SSSR count). The molecule has 0 unspecified atom stereocenters. The van der Waals surface area contributed by atoms with E-state index in [1.165, 1.54) is 5.56 Å². The lowest BCUT2D eigenvalue weighted by molar-refractivity contribution is 0.844. The number of benzene rings is 1. The van der Waals surface area contributed by atoms with Crippen molar-refractivity contribution >= 4 is 16.3 Å². The average molecular weight is 272 g/mol. The zero-order valence-corrected chi connectivity index (χ0v) is 11.7. The van der Waals surface area contributed by atoms with Crippen LogP contribution in [0.1, 0.15) is 18.2 Å². The Balaban J connectivity index is 1.99. The van der Waals surface area contributed by atoms with E-state index in [1.54, 1.807) is 11.3 Å². The quantitative estimate of drug-likeness (QED) is 0.794. The molecule has 0 amide bonds. The van der Waals surface area contributed by atoms with E-state index < -0.39 is 0 Å². The van der Waals surface area contributed by atoms with Crippen molar-refractivity contribution in [3.63, 3.8) is 0 Å². The number of hydrogen-bond acceptors (Lipinski definition) is 4. The van der Waals surface area contributed by atoms with Crippen molar-refractivity contribution in [1.82, 2.24) is 14.6 Å². The molecule has 1 aromatic carbocycles. The van der Waals surface area contributed by atoms with Crippen molar-refractivity contribution < 1.29 is 0 Å². The fourth-order valence-electron chi connectivity index (χ4n) is 2.06. The Morgan fingerprint density at radius 1 is 1.26 bits per heavy atom. The normalized spacial score (nSPS) is 11.3. The molecule has 0 aliphatic carbocycles. The summed E-state index contributed by atoms with van der Waals surface area (Å²) in [4.78, 5) is 5.50. The van der Waals surface area contributed by atoms with Crippen molar-refractivity contribution in [3.8, 4) is 11.4 Å². The number of fused-ring (bicyclic) bond motifs is 1. The molecule has 0 atom stereocenters. The molecule has 3 aromatic rings. The van der Waals surface area contributed by atoms with Gasteiger partial charge in [0.25, 0.3) is 0 Å². The summed E-state index contributed by atoms with van der Waals surface area (Å²) in [7, 11) is 0. The van der Waals surface area contributed by atoms with Crippen molar-refractivity contribution in [2.24, 2.45) is 5.73 Å². The van der Waals surface area contributed by atoms with Crippen LogP contribution in [0.4, 0.5) is 0 Å². The van der Waals surface area contributed by atoms with E-state index in [9.17, 15) is 0 Å². The van der Waals surface area contributed by atoms with Gasteiger partial charge in [-0.3, -0.25) is 0 Å². The van der Waals surface area contributed by atoms with Crippen LogP contribution in [0.25, 0.3) is 16.3 Å². The molecule has 4 nitrogen and oxygen atoms in total. The molecule has 0 saturated heterocycles. The summed E-state index contributed by atoms with van der Waals surface area (Å²) in [6.45, 7) is 2.78. The Morgan fingerprint density at radius 3 is 2.74 bits per heavy atom. The molecule has 0 fully saturated rings. The van der Waals surface area contributed by atoms with Crippen molar-refractivity contribution in [2.75, 3.05) is 6.54 Å². The van der Waals surface area contributed by atoms with Gasteiger partial charge in [0.15, 0.2) is 5.82 Å². The van der Waals surface area contributed by atoms with Gasteiger partial charge < -0.3 is 5.73 Å². The molecular formula is C14H16N4S. The summed E-state index contributed by atoms with van der Waals surface area (Å²) in [5.74, 6) is 0.785. The Labute approximate surface area is 115 Å². The second-order valence-corrected chi connectivity index (χ2v) is 5.28. The second-order valence-electron chi connectivity index (χ2n) is 4.45. The molecule has 5 heteroatoms. The van der Waals surface area contributed by atoms with Gasteiger partial charge in [0.05, 0.1) is 5.69 Å². The summed E-state index contributed by atoms with van der Waals surface area (Å²) in [6.07, 6.45) is 1.88. The third-order valence-corrected chi connectivity index (χ3v) is 4.04. The lowest BCUT2D eigenvalue weighted by Crippen LogP contribution is -2.05. The lowest BCUT2D eigenvalue weighted by atomic mass is 10.1. The van der Waals surface area contributed by atoms with Crippen LogP contribution in [-0.2, 0) is 12.8 Å². The minimum absolute atomic E-state index is 0.631. The number of nitrogens with two attached hydrogens (primary N) is 1. The van der Waals surface area contributed by atoms with Crippen LogP contribution in [0, 0.1) is 0 Å². The standard InChI is InChI=1S/C14H16N4S/c1-2-10-3-5-11(6-4-10)13-16-14-18(17-13)12(7-8-15)9-19-14/h3-6,9H,2,7-8,15H2,1H3. The number of thiazole rings is 1. The van der Waals surface area contributed by atoms with Crippen molar-refractivity contribution in [2.45, 2.75) is 19.8 Å². The first kappa shape index (κ1) is 12.3. The summed E-state index contributed by atoms with van der Waals surface area (Å²) in [6, 6.07) is 8.43. The Hall–Kier alpha value is -1.72. The highest BCUT2D eigenvalue weighted by molar-refractivity contribution is 7.15. The van der Waals surface area contributed by atoms with Gasteiger partial charge in [0.1, 0.15) is 0 Å². The molecule has 0 spiro atoms. The molecule has 98 valence electrons. The Bertz CT molecular complexity index is 681. The van der Waals surface area contributed by atoms with Crippen LogP contribution < -0.4 is 5.73 Å². The van der Waals surface area contributed by atoms with Crippen molar-refractivity contribution in [1.29, 1.82) is 0 Å². The summed E-state index contributed by atoms with van der Waals surface area (Å²) in [5.41, 5.74) is 9.12. The molecule has 0 aliphatic heterocycles. The van der Waals surface area contributed by atoms with Crippen LogP contribution in [-0.4, -0.2) is 21.1 Å². The number of rotatable bonds is 4. The van der Waals surface area contributed by atoms with Gasteiger partial charge in [-0.1, -0.05) is 31.2 Å². The second kappa shape index (κ2) is 5.11. The van der Waals surface area contributed by atoms with E-state index in [0.717, 1.165) is 34.9 Å². The topological polar surface area (TPSA) is 56.2 Å². The van der Waals surface area contributed by atoms with Crippen LogP contribution in [0.5, 0.6) is 0 Å². The monoisotopic (exact) mass is 272 g/mol. The van der Waals surface area contributed by atoms with Crippen LogP contribution in [0.15, 0.2) is 29.6 Å². The minimum atomic E-state index is 0.631. The van der Waals surface area contributed by atoms with Gasteiger partial charge in [0, 0.05) is 17.4 Å². The van der Waals surface area contributed by atoms with E-state index in [0.29, 0.717) is 6.54 Å². The lowest BCUT2D eigenvalue weighted by Gasteiger charge is -1.98. The van der Waals surface area contributed by atoms with Gasteiger partial charge in [-0.2, -0.15) is 4.98 Å². The minimum Gasteiger partial charge on any atom is -0.330 e. The Kier molecular flexibility index (Phi) is 3.31. The van der Waals surface area contributed by atoms with Crippen LogP contribution in [0.2, 0.25) is 0 Å². The van der Waals surface area contributed by atoms with E-state index in [-0.39, 0.29) is 0 Å². The third-order valence-electron chi connectivity index (χ3n) is 3.17. The van der Waals surface area contributed by atoms with Gasteiger partial charge in [-0.05, 0) is 18.5 Å². The highest BCUT2D eigenvalue weighted by atomic mass is 32.1. The smallest absolute Gasteiger partial charge is 0.212 e. The zero-order chi connectivity index (χ0) is 13.2. The zero-order valence-electron chi connectivity index (χ0n) is 10.8. The first-order chi connectivity index (χ1) is 9.31. The first-order valence-electron chi connectivity index (χ1n) is 6.44. The molecule has 0 bridgehead atoms. The predicted octanol–water partition coefficient (Wildman–Crippen LogP) is 2.52. The molecular weight excluding hydrogens is 256 g/mol. The molecule has 0 radical (unpaired) electrons. The molecule has 0 aliphatic rings. The summed E-state index contributed by atoms with van der Waals surface area (Å²) < 4.78 is 1.90. The highest BCUT2D eigenvalue weighted by Crippen LogP contribution is 2.21. The molecule has 2 aromatic heterocycles. The van der Waals surface area contributed by atoms with E-state index >= 15 is 0 Å². The number of hydrogen-bond donors (Lipinski definition) is 1. The maximum absolute atomic E-state index is 5.60. The number of aromatic nitrogens is 3. The Morgan fingerprint density at radius 2 is 2.05 bits per heavy atom. The molecule has 2 heterocycles. The van der Waals surface area contributed by atoms with Crippen LogP contribution >= 0.6 is 11.3 Å². The third kappa shape index (κ3) is 2.27. The first-order valence-corrected chi connectivity index (χ1v) is 7.32. The van der Waals surface area contributed by atoms with Crippen LogP contribution in [0.3, 0.4) is 0 Å². The van der Waals surface area contributed by atoms with Gasteiger partial charge >= 0.3 is 0 Å². The fraction of sp³-hybridized carbons (Fsp3) is 0.286. The van der Waals surface area contributed by atoms with Gasteiger partial charge in [-0.25, -0.2) is 4.52 Å². The SMILES string of the molecule is CCc1ccc(-c2nc3scc(CCN)n3n2)cc1. The largest absolute Gasteiger partial charge is 0.330 e. The maximum Gasteiger partial charge on any atom is 0.212 e. The predicted molar refractivity (Wildman–Crippen MR) is 78.4 cm³/mol. The summed E-state index contributed by atoms with van der Waals surface area (Å²) in [5, 5.41) is 6.65. The maximum atomic E-state index is 5.60. The fourth-order valence-corrected chi connectivity index (χ4v) is 2.91. The van der Waals surface area contributed by atoms with Gasteiger partial charge in [0.2, 0.25) is 4.96 Å². The highest BCUT2D eigenvalue weighted by Gasteiger charge is 2.10.